The number of nitrogens with two attached hydrogens (primary N) is 1. The molecule has 0 spiro atoms. The van der Waals surface area contributed by atoms with E-state index < -0.39 is 10.9 Å². The SMILES string of the molecule is COC(=O)CC#Cc1cccc(N)c1[N+](=O)[O-]. The fourth-order valence-electron chi connectivity index (χ4n) is 1.15. The van der Waals surface area contributed by atoms with Gasteiger partial charge in [-0.05, 0) is 12.1 Å². The van der Waals surface area contributed by atoms with E-state index in [-0.39, 0.29) is 23.4 Å². The number of carbonyl (C=O) groups excluding carboxylic acids is 1. The molecular weight excluding hydrogens is 224 g/mol. The number of nitro benzene ring substituents is 1. The van der Waals surface area contributed by atoms with Crippen molar-refractivity contribution in [2.45, 2.75) is 6.42 Å². The number of nitrogens with zero attached hydrogens (tertiary/aromatic N) is 1. The van der Waals surface area contributed by atoms with E-state index in [4.69, 9.17) is 5.73 Å². The molecule has 0 heterocycles. The number of para-hydroxylation sites is 1. The van der Waals surface area contributed by atoms with Crippen LogP contribution in [0, 0.1) is 22.0 Å². The predicted molar refractivity (Wildman–Crippen MR) is 61.0 cm³/mol. The molecule has 0 aliphatic heterocycles. The van der Waals surface area contributed by atoms with E-state index in [1.807, 2.05) is 0 Å². The highest BCUT2D eigenvalue weighted by Gasteiger charge is 2.15. The molecule has 6 nitrogen and oxygen atoms in total. The van der Waals surface area contributed by atoms with Crippen molar-refractivity contribution < 1.29 is 14.5 Å². The van der Waals surface area contributed by atoms with Crippen molar-refractivity contribution in [1.82, 2.24) is 0 Å². The number of rotatable bonds is 2. The molecule has 0 aliphatic rings. The van der Waals surface area contributed by atoms with Crippen molar-refractivity contribution in [2.75, 3.05) is 12.8 Å². The predicted octanol–water partition coefficient (Wildman–Crippen LogP) is 1.09. The second-order valence-corrected chi connectivity index (χ2v) is 3.06. The molecule has 1 aromatic carbocycles. The van der Waals surface area contributed by atoms with Crippen molar-refractivity contribution in [3.05, 3.63) is 33.9 Å². The maximum atomic E-state index is 10.8. The van der Waals surface area contributed by atoms with Crippen LogP contribution >= 0.6 is 0 Å². The van der Waals surface area contributed by atoms with Crippen molar-refractivity contribution in [3.8, 4) is 11.8 Å². The highest BCUT2D eigenvalue weighted by Crippen LogP contribution is 2.24. The topological polar surface area (TPSA) is 95.5 Å². The lowest BCUT2D eigenvalue weighted by atomic mass is 10.1. The van der Waals surface area contributed by atoms with Crippen molar-refractivity contribution >= 4 is 17.3 Å². The van der Waals surface area contributed by atoms with Gasteiger partial charge in [-0.1, -0.05) is 17.9 Å². The van der Waals surface area contributed by atoms with Crippen LogP contribution in [0.25, 0.3) is 0 Å². The Hall–Kier alpha value is -2.55. The standard InChI is InChI=1S/C11H10N2O4/c1-17-10(14)7-3-5-8-4-2-6-9(12)11(8)13(15)16/h2,4,6H,7,12H2,1H3. The van der Waals surface area contributed by atoms with Crippen molar-refractivity contribution in [2.24, 2.45) is 0 Å². The normalized spacial score (nSPS) is 9.00. The Morgan fingerprint density at radius 2 is 2.29 bits per heavy atom. The fraction of sp³-hybridized carbons (Fsp3) is 0.182. The Balaban J connectivity index is 3.02. The second-order valence-electron chi connectivity index (χ2n) is 3.06. The van der Waals surface area contributed by atoms with E-state index in [2.05, 4.69) is 16.6 Å². The zero-order valence-electron chi connectivity index (χ0n) is 9.10. The molecule has 17 heavy (non-hydrogen) atoms. The zero-order chi connectivity index (χ0) is 12.8. The third-order valence-electron chi connectivity index (χ3n) is 1.93. The highest BCUT2D eigenvalue weighted by atomic mass is 16.6. The van der Waals surface area contributed by atoms with Crippen LogP contribution in [0.5, 0.6) is 0 Å². The van der Waals surface area contributed by atoms with Gasteiger partial charge in [-0.15, -0.1) is 0 Å². The molecular formula is C11H10N2O4. The van der Waals surface area contributed by atoms with Crippen LogP contribution < -0.4 is 5.73 Å². The van der Waals surface area contributed by atoms with Crippen LogP contribution in [0.15, 0.2) is 18.2 Å². The molecule has 0 atom stereocenters. The van der Waals surface area contributed by atoms with Gasteiger partial charge in [0.05, 0.1) is 12.0 Å². The summed E-state index contributed by atoms with van der Waals surface area (Å²) in [7, 11) is 1.24. The number of nitrogen functional groups attached to an aromatic ring is 1. The van der Waals surface area contributed by atoms with E-state index in [1.54, 1.807) is 6.07 Å². The maximum Gasteiger partial charge on any atom is 0.317 e. The third kappa shape index (κ3) is 3.21. The summed E-state index contributed by atoms with van der Waals surface area (Å²) >= 11 is 0. The van der Waals surface area contributed by atoms with Crippen LogP contribution in [0.1, 0.15) is 12.0 Å². The maximum absolute atomic E-state index is 10.8. The summed E-state index contributed by atoms with van der Waals surface area (Å²) < 4.78 is 4.39. The summed E-state index contributed by atoms with van der Waals surface area (Å²) in [4.78, 5) is 21.0. The molecule has 0 bridgehead atoms. The first-order valence-corrected chi connectivity index (χ1v) is 4.65. The molecule has 0 aliphatic carbocycles. The molecule has 88 valence electrons. The quantitative estimate of drug-likeness (QED) is 0.272. The van der Waals surface area contributed by atoms with Gasteiger partial charge >= 0.3 is 11.7 Å². The smallest absolute Gasteiger partial charge is 0.317 e. The van der Waals surface area contributed by atoms with Crippen molar-refractivity contribution in [3.63, 3.8) is 0 Å². The summed E-state index contributed by atoms with van der Waals surface area (Å²) in [6.07, 6.45) is -0.123. The van der Waals surface area contributed by atoms with Crippen LogP contribution in [0.3, 0.4) is 0 Å². The van der Waals surface area contributed by atoms with Gasteiger partial charge in [0.15, 0.2) is 0 Å². The molecule has 0 saturated carbocycles. The van der Waals surface area contributed by atoms with E-state index >= 15 is 0 Å². The first kappa shape index (κ1) is 12.5. The lowest BCUT2D eigenvalue weighted by Gasteiger charge is -1.98. The average molecular weight is 234 g/mol. The Morgan fingerprint density at radius 1 is 1.59 bits per heavy atom. The largest absolute Gasteiger partial charge is 0.468 e. The van der Waals surface area contributed by atoms with Crippen LogP contribution in [-0.2, 0) is 9.53 Å². The summed E-state index contributed by atoms with van der Waals surface area (Å²) in [5.41, 5.74) is 5.45. The van der Waals surface area contributed by atoms with Gasteiger partial charge < -0.3 is 10.5 Å². The minimum atomic E-state index is -0.600. The summed E-state index contributed by atoms with van der Waals surface area (Å²) in [6, 6.07) is 4.45. The van der Waals surface area contributed by atoms with E-state index in [9.17, 15) is 14.9 Å². The second kappa shape index (κ2) is 5.51. The minimum absolute atomic E-state index is 0.0415. The van der Waals surface area contributed by atoms with Gasteiger partial charge in [0.2, 0.25) is 0 Å². The lowest BCUT2D eigenvalue weighted by molar-refractivity contribution is -0.384. The van der Waals surface area contributed by atoms with Gasteiger partial charge in [0.25, 0.3) is 0 Å². The molecule has 0 aromatic heterocycles. The molecule has 0 saturated heterocycles. The van der Waals surface area contributed by atoms with E-state index in [0.717, 1.165) is 0 Å². The number of hydrogen-bond donors (Lipinski definition) is 1. The molecule has 0 amide bonds. The monoisotopic (exact) mass is 234 g/mol. The van der Waals surface area contributed by atoms with Crippen LogP contribution in [0.4, 0.5) is 11.4 Å². The third-order valence-corrected chi connectivity index (χ3v) is 1.93. The van der Waals surface area contributed by atoms with Crippen LogP contribution in [0.2, 0.25) is 0 Å². The Kier molecular flexibility index (Phi) is 4.06. The minimum Gasteiger partial charge on any atom is -0.468 e. The number of anilines is 1. The van der Waals surface area contributed by atoms with Gasteiger partial charge in [-0.2, -0.15) is 0 Å². The van der Waals surface area contributed by atoms with Gasteiger partial charge in [-0.3, -0.25) is 14.9 Å². The Morgan fingerprint density at radius 3 is 2.88 bits per heavy atom. The first-order valence-electron chi connectivity index (χ1n) is 4.65. The van der Waals surface area contributed by atoms with Gasteiger partial charge in [-0.25, -0.2) is 0 Å². The Bertz CT molecular complexity index is 514. The number of carbonyl (C=O) groups is 1. The number of esters is 1. The molecule has 2 N–H and O–H groups in total. The summed E-state index contributed by atoms with van der Waals surface area (Å²) in [5.74, 6) is 4.52. The van der Waals surface area contributed by atoms with Gasteiger partial charge in [0, 0.05) is 0 Å². The zero-order valence-corrected chi connectivity index (χ0v) is 9.10. The highest BCUT2D eigenvalue weighted by molar-refractivity contribution is 5.73. The number of hydrogen-bond acceptors (Lipinski definition) is 5. The molecule has 1 aromatic rings. The number of methoxy groups -OCH3 is 1. The lowest BCUT2D eigenvalue weighted by Crippen LogP contribution is -1.99. The molecule has 0 radical (unpaired) electrons. The number of benzene rings is 1. The molecule has 6 heteroatoms. The summed E-state index contributed by atoms with van der Waals surface area (Å²) in [6.45, 7) is 0. The van der Waals surface area contributed by atoms with E-state index in [1.165, 1.54) is 19.2 Å². The number of ether oxygens (including phenoxy) is 1. The summed E-state index contributed by atoms with van der Waals surface area (Å²) in [5, 5.41) is 10.8. The average Bonchev–Trinajstić information content (AvgIpc) is 2.28. The fourth-order valence-corrected chi connectivity index (χ4v) is 1.15. The number of nitro groups is 1. The van der Waals surface area contributed by atoms with Crippen molar-refractivity contribution in [1.29, 1.82) is 0 Å². The van der Waals surface area contributed by atoms with Crippen LogP contribution in [-0.4, -0.2) is 18.0 Å². The van der Waals surface area contributed by atoms with E-state index in [0.29, 0.717) is 0 Å². The first-order chi connectivity index (χ1) is 8.06. The molecule has 0 fully saturated rings. The van der Waals surface area contributed by atoms with Gasteiger partial charge in [0.1, 0.15) is 17.7 Å². The Labute approximate surface area is 97.5 Å². The molecule has 1 rings (SSSR count). The molecule has 0 unspecified atom stereocenters.